The van der Waals surface area contributed by atoms with Crippen LogP contribution in [0.25, 0.3) is 0 Å². The Kier molecular flexibility index (Phi) is 38.4. The third-order valence-electron chi connectivity index (χ3n) is 9.21. The van der Waals surface area contributed by atoms with E-state index in [0.29, 0.717) is 25.7 Å². The number of nitrogens with zero attached hydrogens (tertiary/aromatic N) is 1. The van der Waals surface area contributed by atoms with Crippen molar-refractivity contribution >= 4 is 17.8 Å². The normalized spacial score (nSPS) is 12.5. The highest BCUT2D eigenvalue weighted by Gasteiger charge is 2.21. The monoisotopic (exact) mass is 745 g/mol. The highest BCUT2D eigenvalue weighted by atomic mass is 16.5. The summed E-state index contributed by atoms with van der Waals surface area (Å²) in [6.07, 6.45) is 44.3. The van der Waals surface area contributed by atoms with Crippen LogP contribution in [0.15, 0.2) is 48.6 Å². The van der Waals surface area contributed by atoms with E-state index < -0.39 is 6.04 Å². The molecule has 1 unspecified atom stereocenters. The van der Waals surface area contributed by atoms with Crippen LogP contribution in [-0.2, 0) is 23.9 Å². The SMILES string of the molecule is CCCCC/C=C\C/C=C\CCCCCCCC(=O)OCCN(CCOC(=O)CCCCCCC/C=C\C/C=C\CCCCC)C(=O)C(N)CCCO. The highest BCUT2D eigenvalue weighted by molar-refractivity contribution is 5.81. The van der Waals surface area contributed by atoms with Crippen LogP contribution in [0.5, 0.6) is 0 Å². The number of hydrogen-bond acceptors (Lipinski definition) is 7. The van der Waals surface area contributed by atoms with Crippen molar-refractivity contribution in [2.45, 2.75) is 187 Å². The number of hydrogen-bond donors (Lipinski definition) is 2. The fourth-order valence-corrected chi connectivity index (χ4v) is 5.85. The molecule has 8 heteroatoms. The van der Waals surface area contributed by atoms with E-state index in [4.69, 9.17) is 20.3 Å². The van der Waals surface area contributed by atoms with Crippen molar-refractivity contribution in [3.8, 4) is 0 Å². The van der Waals surface area contributed by atoms with Gasteiger partial charge in [-0.05, 0) is 89.9 Å². The number of ether oxygens (including phenoxy) is 2. The van der Waals surface area contributed by atoms with Gasteiger partial charge in [0.05, 0.1) is 19.1 Å². The molecule has 53 heavy (non-hydrogen) atoms. The Morgan fingerprint density at radius 2 is 0.925 bits per heavy atom. The van der Waals surface area contributed by atoms with Gasteiger partial charge in [-0.3, -0.25) is 14.4 Å². The smallest absolute Gasteiger partial charge is 0.305 e. The number of aliphatic hydroxyl groups is 1. The third-order valence-corrected chi connectivity index (χ3v) is 9.21. The van der Waals surface area contributed by atoms with Gasteiger partial charge in [0.1, 0.15) is 13.2 Å². The number of amides is 1. The van der Waals surface area contributed by atoms with Gasteiger partial charge in [-0.2, -0.15) is 0 Å². The average Bonchev–Trinajstić information content (AvgIpc) is 3.16. The van der Waals surface area contributed by atoms with Gasteiger partial charge in [0, 0.05) is 19.4 Å². The van der Waals surface area contributed by atoms with E-state index in [-0.39, 0.29) is 50.8 Å². The summed E-state index contributed by atoms with van der Waals surface area (Å²) in [6, 6.07) is -0.770. The van der Waals surface area contributed by atoms with E-state index in [9.17, 15) is 14.4 Å². The van der Waals surface area contributed by atoms with Crippen LogP contribution in [-0.4, -0.2) is 66.8 Å². The Balaban J connectivity index is 4.14. The van der Waals surface area contributed by atoms with Gasteiger partial charge in [-0.1, -0.05) is 127 Å². The van der Waals surface area contributed by atoms with Gasteiger partial charge in [0.2, 0.25) is 5.91 Å². The zero-order valence-electron chi connectivity index (χ0n) is 34.1. The van der Waals surface area contributed by atoms with Gasteiger partial charge in [-0.25, -0.2) is 0 Å². The van der Waals surface area contributed by atoms with Gasteiger partial charge >= 0.3 is 11.9 Å². The summed E-state index contributed by atoms with van der Waals surface area (Å²) in [5.41, 5.74) is 6.08. The lowest BCUT2D eigenvalue weighted by molar-refractivity contribution is -0.148. The second-order valence-electron chi connectivity index (χ2n) is 14.2. The molecule has 0 aliphatic heterocycles. The van der Waals surface area contributed by atoms with Crippen LogP contribution in [0, 0.1) is 0 Å². The number of nitrogens with two attached hydrogens (primary N) is 1. The minimum atomic E-state index is -0.770. The number of allylic oxidation sites excluding steroid dienone is 8. The molecule has 0 saturated carbocycles. The zero-order chi connectivity index (χ0) is 38.9. The van der Waals surface area contributed by atoms with E-state index in [1.54, 1.807) is 0 Å². The molecule has 0 radical (unpaired) electrons. The summed E-state index contributed by atoms with van der Waals surface area (Å²) in [4.78, 5) is 39.1. The van der Waals surface area contributed by atoms with Crippen LogP contribution in [0.1, 0.15) is 181 Å². The summed E-state index contributed by atoms with van der Waals surface area (Å²) in [5.74, 6) is -0.832. The molecule has 0 spiro atoms. The van der Waals surface area contributed by atoms with Crippen LogP contribution < -0.4 is 5.73 Å². The first-order valence-electron chi connectivity index (χ1n) is 21.5. The lowest BCUT2D eigenvalue weighted by Crippen LogP contribution is -2.46. The van der Waals surface area contributed by atoms with Crippen molar-refractivity contribution in [3.63, 3.8) is 0 Å². The largest absolute Gasteiger partial charge is 0.464 e. The van der Waals surface area contributed by atoms with Crippen LogP contribution in [0.2, 0.25) is 0 Å². The Labute approximate surface area is 325 Å². The summed E-state index contributed by atoms with van der Waals surface area (Å²) < 4.78 is 10.9. The molecule has 3 N–H and O–H groups in total. The van der Waals surface area contributed by atoms with Crippen molar-refractivity contribution in [1.82, 2.24) is 4.90 Å². The van der Waals surface area contributed by atoms with Crippen molar-refractivity contribution in [1.29, 1.82) is 0 Å². The van der Waals surface area contributed by atoms with Crippen molar-refractivity contribution in [3.05, 3.63) is 48.6 Å². The fraction of sp³-hybridized carbons (Fsp3) is 0.756. The van der Waals surface area contributed by atoms with Crippen LogP contribution in [0.4, 0.5) is 0 Å². The van der Waals surface area contributed by atoms with E-state index in [1.807, 2.05) is 0 Å². The third kappa shape index (κ3) is 36.1. The maximum atomic E-state index is 13.0. The number of aliphatic hydroxyl groups excluding tert-OH is 1. The highest BCUT2D eigenvalue weighted by Crippen LogP contribution is 2.11. The molecule has 0 aromatic carbocycles. The molecule has 1 atom stereocenters. The predicted octanol–water partition coefficient (Wildman–Crippen LogP) is 10.6. The zero-order valence-corrected chi connectivity index (χ0v) is 34.1. The van der Waals surface area contributed by atoms with Crippen molar-refractivity contribution in [2.75, 3.05) is 32.9 Å². The molecule has 0 heterocycles. The number of carbonyl (C=O) groups excluding carboxylic acids is 3. The fourth-order valence-electron chi connectivity index (χ4n) is 5.85. The van der Waals surface area contributed by atoms with Gasteiger partial charge < -0.3 is 25.2 Å². The number of rotatable bonds is 38. The topological polar surface area (TPSA) is 119 Å². The molecule has 0 aromatic heterocycles. The molecule has 0 fully saturated rings. The first-order chi connectivity index (χ1) is 26.0. The second-order valence-corrected chi connectivity index (χ2v) is 14.2. The molecule has 8 nitrogen and oxygen atoms in total. The molecular weight excluding hydrogens is 665 g/mol. The maximum Gasteiger partial charge on any atom is 0.305 e. The van der Waals surface area contributed by atoms with Gasteiger partial charge in [-0.15, -0.1) is 0 Å². The average molecular weight is 745 g/mol. The summed E-state index contributed by atoms with van der Waals surface area (Å²) >= 11 is 0. The molecule has 0 aliphatic carbocycles. The van der Waals surface area contributed by atoms with Crippen molar-refractivity contribution < 1.29 is 29.0 Å². The second kappa shape index (κ2) is 40.5. The predicted molar refractivity (Wildman–Crippen MR) is 222 cm³/mol. The quantitative estimate of drug-likeness (QED) is 0.0367. The van der Waals surface area contributed by atoms with E-state index in [2.05, 4.69) is 62.5 Å². The molecule has 0 aliphatic rings. The molecule has 1 amide bonds. The molecular formula is C45H80N2O6. The van der Waals surface area contributed by atoms with E-state index in [1.165, 1.54) is 56.3 Å². The van der Waals surface area contributed by atoms with E-state index >= 15 is 0 Å². The first-order valence-corrected chi connectivity index (χ1v) is 21.5. The number of carbonyl (C=O) groups is 3. The summed E-state index contributed by atoms with van der Waals surface area (Å²) in [7, 11) is 0. The molecule has 306 valence electrons. The Bertz CT molecular complexity index is 912. The number of unbranched alkanes of at least 4 members (excludes halogenated alkanes) is 16. The van der Waals surface area contributed by atoms with E-state index in [0.717, 1.165) is 89.9 Å². The number of esters is 2. The van der Waals surface area contributed by atoms with Gasteiger partial charge in [0.15, 0.2) is 0 Å². The summed E-state index contributed by atoms with van der Waals surface area (Å²) in [5, 5.41) is 9.15. The Morgan fingerprint density at radius 1 is 0.547 bits per heavy atom. The Hall–Kier alpha value is -2.71. The first kappa shape index (κ1) is 50.3. The lowest BCUT2D eigenvalue weighted by Gasteiger charge is -2.25. The lowest BCUT2D eigenvalue weighted by atomic mass is 10.1. The standard InChI is InChI=1S/C45H80N2O6/c1-3-5-7-9-11-13-15-17-19-21-23-25-27-29-31-35-43(49)52-40-37-47(45(51)42(46)34-33-39-48)38-41-53-44(50)36-32-30-28-26-24-22-20-18-16-14-12-10-8-6-4-2/h11-14,17-20,42,48H,3-10,15-16,21-41,46H2,1-2H3/b13-11-,14-12-,19-17-,20-18-. The van der Waals surface area contributed by atoms with Crippen molar-refractivity contribution in [2.24, 2.45) is 5.73 Å². The minimum Gasteiger partial charge on any atom is -0.464 e. The van der Waals surface area contributed by atoms with Gasteiger partial charge in [0.25, 0.3) is 0 Å². The molecule has 0 saturated heterocycles. The molecule has 0 rings (SSSR count). The minimum absolute atomic E-state index is 0.0431. The van der Waals surface area contributed by atoms with Crippen LogP contribution in [0.3, 0.4) is 0 Å². The molecule has 0 aromatic rings. The maximum absolute atomic E-state index is 13.0. The van der Waals surface area contributed by atoms with Crippen LogP contribution >= 0.6 is 0 Å². The summed E-state index contributed by atoms with van der Waals surface area (Å²) in [6.45, 7) is 4.92. The molecule has 0 bridgehead atoms. The Morgan fingerprint density at radius 3 is 1.32 bits per heavy atom.